The molecule has 0 bridgehead atoms. The number of rotatable bonds is 7. The molecule has 0 saturated heterocycles. The Hall–Kier alpha value is -3.40. The summed E-state index contributed by atoms with van der Waals surface area (Å²) in [7, 11) is 1.65. The molecule has 2 heterocycles. The Bertz CT molecular complexity index is 1070. The highest BCUT2D eigenvalue weighted by molar-refractivity contribution is 6.09. The maximum atomic E-state index is 13.7. The van der Waals surface area contributed by atoms with Crippen molar-refractivity contribution in [2.45, 2.75) is 26.0 Å². The van der Waals surface area contributed by atoms with Gasteiger partial charge in [0.1, 0.15) is 34.9 Å². The van der Waals surface area contributed by atoms with Crippen LogP contribution in [0.25, 0.3) is 11.0 Å². The number of amides is 2. The molecule has 3 aromatic rings. The van der Waals surface area contributed by atoms with Crippen molar-refractivity contribution >= 4 is 22.8 Å². The summed E-state index contributed by atoms with van der Waals surface area (Å²) in [4.78, 5) is 27.9. The van der Waals surface area contributed by atoms with E-state index in [0.717, 1.165) is 0 Å². The van der Waals surface area contributed by atoms with Crippen molar-refractivity contribution in [2.24, 2.45) is 12.8 Å². The van der Waals surface area contributed by atoms with Gasteiger partial charge in [-0.2, -0.15) is 4.39 Å². The van der Waals surface area contributed by atoms with Crippen molar-refractivity contribution < 1.29 is 28.2 Å². The van der Waals surface area contributed by atoms with E-state index in [2.05, 4.69) is 10.3 Å². The highest BCUT2D eigenvalue weighted by atomic mass is 19.1. The van der Waals surface area contributed by atoms with Crippen LogP contribution in [0.1, 0.15) is 28.7 Å². The zero-order valence-corrected chi connectivity index (χ0v) is 16.2. The maximum absolute atomic E-state index is 13.7. The van der Waals surface area contributed by atoms with Crippen molar-refractivity contribution in [2.75, 3.05) is 6.61 Å². The predicted molar refractivity (Wildman–Crippen MR) is 101 cm³/mol. The van der Waals surface area contributed by atoms with Crippen molar-refractivity contribution in [1.29, 1.82) is 0 Å². The van der Waals surface area contributed by atoms with E-state index in [1.165, 1.54) is 17.8 Å². The van der Waals surface area contributed by atoms with E-state index in [1.54, 1.807) is 32.2 Å². The third-order valence-corrected chi connectivity index (χ3v) is 4.70. The Morgan fingerprint density at radius 2 is 2.17 bits per heavy atom. The van der Waals surface area contributed by atoms with Gasteiger partial charge in [-0.1, -0.05) is 0 Å². The van der Waals surface area contributed by atoms with Gasteiger partial charge in [-0.15, -0.1) is 0 Å². The summed E-state index contributed by atoms with van der Waals surface area (Å²) >= 11 is 0. The maximum Gasteiger partial charge on any atom is 0.256 e. The number of halogens is 1. The number of nitrogens with two attached hydrogens (primary N) is 1. The fourth-order valence-corrected chi connectivity index (χ4v) is 2.80. The number of nitrogens with one attached hydrogen (secondary N) is 1. The second-order valence-electron chi connectivity index (χ2n) is 6.88. The van der Waals surface area contributed by atoms with E-state index >= 15 is 0 Å². The van der Waals surface area contributed by atoms with Crippen LogP contribution in [0.5, 0.6) is 5.75 Å². The number of hydrogen-bond donors (Lipinski definition) is 3. The first-order valence-electron chi connectivity index (χ1n) is 8.71. The minimum Gasteiger partial charge on any atom is -0.487 e. The molecule has 0 aliphatic rings. The minimum atomic E-state index is -1.63. The molecule has 2 aromatic heterocycles. The first kappa shape index (κ1) is 20.3. The normalized spacial score (nSPS) is 13.3. The zero-order valence-electron chi connectivity index (χ0n) is 16.2. The van der Waals surface area contributed by atoms with Crippen LogP contribution < -0.4 is 15.8 Å². The van der Waals surface area contributed by atoms with Gasteiger partial charge in [-0.25, -0.2) is 4.98 Å². The quantitative estimate of drug-likeness (QED) is 0.541. The molecule has 0 spiro atoms. The minimum absolute atomic E-state index is 0.0591. The van der Waals surface area contributed by atoms with Crippen molar-refractivity contribution in [3.63, 3.8) is 0 Å². The number of furan rings is 1. The Morgan fingerprint density at radius 3 is 2.76 bits per heavy atom. The molecular weight excluding hydrogens is 383 g/mol. The Kier molecular flexibility index (Phi) is 5.29. The third kappa shape index (κ3) is 3.79. The van der Waals surface area contributed by atoms with Crippen LogP contribution in [0.3, 0.4) is 0 Å². The predicted octanol–water partition coefficient (Wildman–Crippen LogP) is 1.16. The lowest BCUT2D eigenvalue weighted by Crippen LogP contribution is -2.57. The van der Waals surface area contributed by atoms with Gasteiger partial charge < -0.3 is 29.9 Å². The van der Waals surface area contributed by atoms with Crippen LogP contribution >= 0.6 is 0 Å². The Morgan fingerprint density at radius 1 is 1.45 bits per heavy atom. The molecule has 9 nitrogen and oxygen atoms in total. The summed E-state index contributed by atoms with van der Waals surface area (Å²) < 4.78 is 26.4. The van der Waals surface area contributed by atoms with Crippen LogP contribution in [0.15, 0.2) is 28.9 Å². The van der Waals surface area contributed by atoms with Crippen LogP contribution in [0.2, 0.25) is 0 Å². The molecule has 10 heteroatoms. The van der Waals surface area contributed by atoms with Crippen LogP contribution in [-0.2, 0) is 18.4 Å². The molecule has 0 aliphatic carbocycles. The molecular formula is C19H21FN4O5. The molecule has 29 heavy (non-hydrogen) atoms. The summed E-state index contributed by atoms with van der Waals surface area (Å²) in [5.74, 6) is -1.43. The van der Waals surface area contributed by atoms with Crippen molar-refractivity contribution in [3.05, 3.63) is 47.5 Å². The summed E-state index contributed by atoms with van der Waals surface area (Å²) in [6.45, 7) is 2.20. The lowest BCUT2D eigenvalue weighted by Gasteiger charge is -2.24. The van der Waals surface area contributed by atoms with E-state index in [-0.39, 0.29) is 17.9 Å². The van der Waals surface area contributed by atoms with Gasteiger partial charge in [0.2, 0.25) is 11.9 Å². The largest absolute Gasteiger partial charge is 0.487 e. The van der Waals surface area contributed by atoms with Gasteiger partial charge in [0.15, 0.2) is 0 Å². The lowest BCUT2D eigenvalue weighted by atomic mass is 10.0. The number of carbonyl (C=O) groups is 2. The number of imidazole rings is 1. The number of aryl methyl sites for hydroxylation is 2. The van der Waals surface area contributed by atoms with Gasteiger partial charge in [-0.05, 0) is 32.0 Å². The summed E-state index contributed by atoms with van der Waals surface area (Å²) in [5, 5.41) is 12.3. The molecule has 1 aromatic carbocycles. The first-order valence-corrected chi connectivity index (χ1v) is 8.71. The SMILES string of the molecule is Cc1oc2ccc(OCc3c(F)ncn3C)cc2c1C(=O)NC(C)(CO)C(N)=O. The Balaban J connectivity index is 1.90. The topological polar surface area (TPSA) is 133 Å². The molecule has 1 unspecified atom stereocenters. The second-order valence-corrected chi connectivity index (χ2v) is 6.88. The highest BCUT2D eigenvalue weighted by Crippen LogP contribution is 2.30. The number of ether oxygens (including phenoxy) is 1. The van der Waals surface area contributed by atoms with Crippen LogP contribution in [0, 0.1) is 12.9 Å². The molecule has 0 radical (unpaired) electrons. The van der Waals surface area contributed by atoms with Gasteiger partial charge in [0.05, 0.1) is 18.5 Å². The van der Waals surface area contributed by atoms with Gasteiger partial charge in [0.25, 0.3) is 5.91 Å². The molecule has 154 valence electrons. The number of hydrogen-bond acceptors (Lipinski definition) is 6. The molecule has 0 aliphatic heterocycles. The molecule has 0 saturated carbocycles. The van der Waals surface area contributed by atoms with Gasteiger partial charge >= 0.3 is 0 Å². The Labute approximate surface area is 165 Å². The number of carbonyl (C=O) groups excluding carboxylic acids is 2. The number of nitrogens with zero attached hydrogens (tertiary/aromatic N) is 2. The van der Waals surface area contributed by atoms with E-state index in [0.29, 0.717) is 22.5 Å². The number of benzene rings is 1. The standard InChI is InChI=1S/C19H21FN4O5/c1-10-15(17(26)23-19(2,8-25)18(21)27)12-6-11(4-5-14(12)29-10)28-7-13-16(20)22-9-24(13)3/h4-6,9,25H,7-8H2,1-3H3,(H2,21,27)(H,23,26). The molecule has 3 rings (SSSR count). The molecule has 4 N–H and O–H groups in total. The average Bonchev–Trinajstić information content (AvgIpc) is 3.17. The van der Waals surface area contributed by atoms with Crippen molar-refractivity contribution in [3.8, 4) is 5.75 Å². The van der Waals surface area contributed by atoms with Gasteiger partial charge in [0, 0.05) is 12.4 Å². The van der Waals surface area contributed by atoms with Crippen molar-refractivity contribution in [1.82, 2.24) is 14.9 Å². The molecule has 2 amide bonds. The van der Waals surface area contributed by atoms with Crippen LogP contribution in [0.4, 0.5) is 4.39 Å². The number of aliphatic hydroxyl groups is 1. The summed E-state index contributed by atoms with van der Waals surface area (Å²) in [6.07, 6.45) is 1.34. The highest BCUT2D eigenvalue weighted by Gasteiger charge is 2.34. The third-order valence-electron chi connectivity index (χ3n) is 4.70. The first-order chi connectivity index (χ1) is 13.7. The monoisotopic (exact) mass is 404 g/mol. The van der Waals surface area contributed by atoms with E-state index < -0.39 is 29.9 Å². The fraction of sp³-hybridized carbons (Fsp3) is 0.316. The second kappa shape index (κ2) is 7.55. The lowest BCUT2D eigenvalue weighted by molar-refractivity contribution is -0.124. The zero-order chi connectivity index (χ0) is 21.3. The summed E-state index contributed by atoms with van der Waals surface area (Å²) in [5.41, 5.74) is 4.52. The number of primary amides is 1. The van der Waals surface area contributed by atoms with E-state index in [1.807, 2.05) is 0 Å². The van der Waals surface area contributed by atoms with Crippen LogP contribution in [-0.4, -0.2) is 38.6 Å². The molecule has 0 fully saturated rings. The fourth-order valence-electron chi connectivity index (χ4n) is 2.80. The smallest absolute Gasteiger partial charge is 0.256 e. The van der Waals surface area contributed by atoms with E-state index in [4.69, 9.17) is 14.9 Å². The van der Waals surface area contributed by atoms with E-state index in [9.17, 15) is 19.1 Å². The average molecular weight is 404 g/mol. The number of fused-ring (bicyclic) bond motifs is 1. The summed E-state index contributed by atoms with van der Waals surface area (Å²) in [6, 6.07) is 4.82. The number of aromatic nitrogens is 2. The molecule has 1 atom stereocenters. The van der Waals surface area contributed by atoms with Gasteiger partial charge in [-0.3, -0.25) is 9.59 Å². The number of aliphatic hydroxyl groups excluding tert-OH is 1.